The van der Waals surface area contributed by atoms with Gasteiger partial charge in [0.05, 0.1) is 19.0 Å². The van der Waals surface area contributed by atoms with Crippen molar-refractivity contribution in [2.75, 3.05) is 33.3 Å². The number of rotatable bonds is 4. The van der Waals surface area contributed by atoms with Gasteiger partial charge >= 0.3 is 0 Å². The monoisotopic (exact) mass is 210 g/mol. The standard InChI is InChI=1S/C10H18N4O/c1-14-2-3-15-10(7-14)6-11-4-9-5-12-8-13-9/h5,8,10-11H,2-4,6-7H2,1H3,(H,12,13). The van der Waals surface area contributed by atoms with E-state index in [9.17, 15) is 0 Å². The number of aromatic amines is 1. The minimum atomic E-state index is 0.312. The molecule has 1 unspecified atom stereocenters. The lowest BCUT2D eigenvalue weighted by atomic mass is 10.3. The van der Waals surface area contributed by atoms with Gasteiger partial charge in [0, 0.05) is 38.1 Å². The maximum absolute atomic E-state index is 5.64. The first-order valence-electron chi connectivity index (χ1n) is 5.32. The molecule has 0 bridgehead atoms. The summed E-state index contributed by atoms with van der Waals surface area (Å²) in [5, 5.41) is 3.36. The molecule has 1 atom stereocenters. The number of morpholine rings is 1. The minimum Gasteiger partial charge on any atom is -0.374 e. The topological polar surface area (TPSA) is 53.2 Å². The third kappa shape index (κ3) is 3.30. The number of hydrogen-bond donors (Lipinski definition) is 2. The molecular weight excluding hydrogens is 192 g/mol. The Balaban J connectivity index is 1.65. The van der Waals surface area contributed by atoms with E-state index in [1.807, 2.05) is 6.20 Å². The largest absolute Gasteiger partial charge is 0.374 e. The lowest BCUT2D eigenvalue weighted by Gasteiger charge is -2.30. The average molecular weight is 210 g/mol. The molecule has 1 aliphatic rings. The molecule has 1 fully saturated rings. The van der Waals surface area contributed by atoms with Gasteiger partial charge in [0.1, 0.15) is 0 Å². The number of H-pyrrole nitrogens is 1. The first-order chi connectivity index (χ1) is 7.34. The molecule has 1 aliphatic heterocycles. The number of nitrogens with zero attached hydrogens (tertiary/aromatic N) is 2. The van der Waals surface area contributed by atoms with Crippen LogP contribution in [0.1, 0.15) is 5.69 Å². The van der Waals surface area contributed by atoms with Gasteiger partial charge in [-0.2, -0.15) is 0 Å². The van der Waals surface area contributed by atoms with Crippen molar-refractivity contribution in [3.8, 4) is 0 Å². The number of aromatic nitrogens is 2. The van der Waals surface area contributed by atoms with Crippen LogP contribution in [0.3, 0.4) is 0 Å². The summed E-state index contributed by atoms with van der Waals surface area (Å²) in [5.41, 5.74) is 1.11. The number of hydrogen-bond acceptors (Lipinski definition) is 4. The summed E-state index contributed by atoms with van der Waals surface area (Å²) in [6, 6.07) is 0. The molecule has 0 spiro atoms. The second-order valence-corrected chi connectivity index (χ2v) is 3.96. The summed E-state index contributed by atoms with van der Waals surface area (Å²) in [4.78, 5) is 9.32. The predicted octanol–water partition coefficient (Wildman–Crippen LogP) is -0.170. The molecule has 1 aromatic heterocycles. The van der Waals surface area contributed by atoms with Crippen LogP contribution in [0.5, 0.6) is 0 Å². The quantitative estimate of drug-likeness (QED) is 0.724. The number of ether oxygens (including phenoxy) is 1. The van der Waals surface area contributed by atoms with Crippen LogP contribution >= 0.6 is 0 Å². The van der Waals surface area contributed by atoms with E-state index in [1.54, 1.807) is 6.33 Å². The van der Waals surface area contributed by atoms with Crippen molar-refractivity contribution in [3.63, 3.8) is 0 Å². The van der Waals surface area contributed by atoms with Gasteiger partial charge in [0.2, 0.25) is 0 Å². The maximum Gasteiger partial charge on any atom is 0.0922 e. The van der Waals surface area contributed by atoms with E-state index in [1.165, 1.54) is 0 Å². The van der Waals surface area contributed by atoms with Gasteiger partial charge in [0.25, 0.3) is 0 Å². The molecule has 1 saturated heterocycles. The van der Waals surface area contributed by atoms with Crippen molar-refractivity contribution < 1.29 is 4.74 Å². The fourth-order valence-corrected chi connectivity index (χ4v) is 1.74. The molecular formula is C10H18N4O. The Labute approximate surface area is 89.8 Å². The SMILES string of the molecule is CN1CCOC(CNCc2cnc[nH]2)C1. The molecule has 0 amide bonds. The third-order valence-electron chi connectivity index (χ3n) is 2.58. The zero-order valence-corrected chi connectivity index (χ0v) is 9.07. The first kappa shape index (κ1) is 10.6. The summed E-state index contributed by atoms with van der Waals surface area (Å²) in [6.07, 6.45) is 3.84. The van der Waals surface area contributed by atoms with E-state index in [0.717, 1.165) is 38.5 Å². The summed E-state index contributed by atoms with van der Waals surface area (Å²) >= 11 is 0. The molecule has 5 heteroatoms. The molecule has 2 rings (SSSR count). The van der Waals surface area contributed by atoms with Crippen molar-refractivity contribution in [1.29, 1.82) is 0 Å². The molecule has 5 nitrogen and oxygen atoms in total. The highest BCUT2D eigenvalue weighted by Crippen LogP contribution is 2.01. The van der Waals surface area contributed by atoms with Gasteiger partial charge in [-0.25, -0.2) is 4.98 Å². The van der Waals surface area contributed by atoms with Crippen LogP contribution in [0.4, 0.5) is 0 Å². The third-order valence-corrected chi connectivity index (χ3v) is 2.58. The second-order valence-electron chi connectivity index (χ2n) is 3.96. The van der Waals surface area contributed by atoms with Crippen LogP contribution in [0.15, 0.2) is 12.5 Å². The smallest absolute Gasteiger partial charge is 0.0922 e. The van der Waals surface area contributed by atoms with E-state index < -0.39 is 0 Å². The van der Waals surface area contributed by atoms with Gasteiger partial charge in [-0.05, 0) is 7.05 Å². The zero-order valence-electron chi connectivity index (χ0n) is 9.07. The molecule has 0 aromatic carbocycles. The Morgan fingerprint density at radius 2 is 2.67 bits per heavy atom. The van der Waals surface area contributed by atoms with Crippen LogP contribution < -0.4 is 5.32 Å². The van der Waals surface area contributed by atoms with Gasteiger partial charge in [-0.15, -0.1) is 0 Å². The highest BCUT2D eigenvalue weighted by molar-refractivity contribution is 4.93. The van der Waals surface area contributed by atoms with Crippen LogP contribution in [0, 0.1) is 0 Å². The van der Waals surface area contributed by atoms with Crippen molar-refractivity contribution in [2.24, 2.45) is 0 Å². The highest BCUT2D eigenvalue weighted by Gasteiger charge is 2.16. The zero-order chi connectivity index (χ0) is 10.5. The molecule has 2 N–H and O–H groups in total. The molecule has 84 valence electrons. The van der Waals surface area contributed by atoms with Crippen LogP contribution in [-0.4, -0.2) is 54.3 Å². The Hall–Kier alpha value is -0.910. The van der Waals surface area contributed by atoms with Gasteiger partial charge in [0.15, 0.2) is 0 Å². The first-order valence-corrected chi connectivity index (χ1v) is 5.32. The summed E-state index contributed by atoms with van der Waals surface area (Å²) in [6.45, 7) is 4.60. The lowest BCUT2D eigenvalue weighted by Crippen LogP contribution is -2.44. The van der Waals surface area contributed by atoms with Crippen molar-refractivity contribution in [3.05, 3.63) is 18.2 Å². The molecule has 2 heterocycles. The number of nitrogens with one attached hydrogen (secondary N) is 2. The van der Waals surface area contributed by atoms with Crippen molar-refractivity contribution in [1.82, 2.24) is 20.2 Å². The number of imidazole rings is 1. The molecule has 0 aliphatic carbocycles. The summed E-state index contributed by atoms with van der Waals surface area (Å²) in [5.74, 6) is 0. The average Bonchev–Trinajstić information content (AvgIpc) is 2.71. The van der Waals surface area contributed by atoms with Crippen LogP contribution in [0.25, 0.3) is 0 Å². The van der Waals surface area contributed by atoms with Crippen LogP contribution in [-0.2, 0) is 11.3 Å². The van der Waals surface area contributed by atoms with E-state index in [-0.39, 0.29) is 0 Å². The van der Waals surface area contributed by atoms with E-state index >= 15 is 0 Å². The Morgan fingerprint density at radius 1 is 1.73 bits per heavy atom. The van der Waals surface area contributed by atoms with Gasteiger partial charge in [-0.1, -0.05) is 0 Å². The van der Waals surface area contributed by atoms with Gasteiger partial charge in [-0.3, -0.25) is 0 Å². The molecule has 1 aromatic rings. The van der Waals surface area contributed by atoms with Crippen molar-refractivity contribution in [2.45, 2.75) is 12.6 Å². The molecule has 0 saturated carbocycles. The van der Waals surface area contributed by atoms with Crippen LogP contribution in [0.2, 0.25) is 0 Å². The Morgan fingerprint density at radius 3 is 3.40 bits per heavy atom. The Kier molecular flexibility index (Phi) is 3.71. The summed E-state index contributed by atoms with van der Waals surface area (Å²) in [7, 11) is 2.13. The maximum atomic E-state index is 5.64. The van der Waals surface area contributed by atoms with Crippen molar-refractivity contribution >= 4 is 0 Å². The fourth-order valence-electron chi connectivity index (χ4n) is 1.74. The van der Waals surface area contributed by atoms with E-state index in [4.69, 9.17) is 4.74 Å². The Bertz CT molecular complexity index is 275. The predicted molar refractivity (Wildman–Crippen MR) is 57.5 cm³/mol. The number of likely N-dealkylation sites (N-methyl/N-ethyl adjacent to an activating group) is 1. The highest BCUT2D eigenvalue weighted by atomic mass is 16.5. The van der Waals surface area contributed by atoms with E-state index in [2.05, 4.69) is 27.2 Å². The second kappa shape index (κ2) is 5.25. The lowest BCUT2D eigenvalue weighted by molar-refractivity contribution is -0.0182. The molecule has 0 radical (unpaired) electrons. The minimum absolute atomic E-state index is 0.312. The fraction of sp³-hybridized carbons (Fsp3) is 0.700. The van der Waals surface area contributed by atoms with E-state index in [0.29, 0.717) is 6.10 Å². The summed E-state index contributed by atoms with van der Waals surface area (Å²) < 4.78 is 5.64. The van der Waals surface area contributed by atoms with Gasteiger partial charge < -0.3 is 19.9 Å². The normalized spacial score (nSPS) is 23.1. The molecule has 15 heavy (non-hydrogen) atoms.